The molecule has 110 valence electrons. The van der Waals surface area contributed by atoms with Crippen LogP contribution in [0.3, 0.4) is 0 Å². The molecule has 2 unspecified atom stereocenters. The highest BCUT2D eigenvalue weighted by Crippen LogP contribution is 2.36. The van der Waals surface area contributed by atoms with Crippen LogP contribution < -0.4 is 10.1 Å². The van der Waals surface area contributed by atoms with E-state index in [1.54, 1.807) is 0 Å². The van der Waals surface area contributed by atoms with Gasteiger partial charge in [0.15, 0.2) is 0 Å². The molecule has 0 aliphatic carbocycles. The van der Waals surface area contributed by atoms with Crippen molar-refractivity contribution in [3.05, 3.63) is 65.2 Å². The van der Waals surface area contributed by atoms with Crippen molar-refractivity contribution in [2.75, 3.05) is 6.61 Å². The summed E-state index contributed by atoms with van der Waals surface area (Å²) in [4.78, 5) is 0. The molecule has 0 saturated carbocycles. The largest absolute Gasteiger partial charge is 0.494 e. The first-order valence-electron chi connectivity index (χ1n) is 7.81. The normalized spacial score (nSPS) is 20.9. The summed E-state index contributed by atoms with van der Waals surface area (Å²) in [6.45, 7) is 6.01. The molecule has 0 bridgehead atoms. The van der Waals surface area contributed by atoms with E-state index in [4.69, 9.17) is 4.74 Å². The van der Waals surface area contributed by atoms with Gasteiger partial charge >= 0.3 is 0 Å². The first-order valence-corrected chi connectivity index (χ1v) is 7.81. The van der Waals surface area contributed by atoms with E-state index in [-0.39, 0.29) is 0 Å². The predicted octanol–water partition coefficient (Wildman–Crippen LogP) is 3.90. The lowest BCUT2D eigenvalue weighted by Crippen LogP contribution is -2.40. The van der Waals surface area contributed by atoms with Crippen molar-refractivity contribution in [1.29, 1.82) is 0 Å². The minimum absolute atomic E-state index is 0.455. The van der Waals surface area contributed by atoms with Gasteiger partial charge in [-0.25, -0.2) is 0 Å². The predicted molar refractivity (Wildman–Crippen MR) is 86.8 cm³/mol. The summed E-state index contributed by atoms with van der Waals surface area (Å²) in [5.41, 5.74) is 4.15. The molecule has 1 N–H and O–H groups in total. The third-order valence-corrected chi connectivity index (χ3v) is 4.37. The fourth-order valence-corrected chi connectivity index (χ4v) is 3.28. The van der Waals surface area contributed by atoms with Crippen molar-refractivity contribution in [3.8, 4) is 5.75 Å². The number of hydrogen-bond donors (Lipinski definition) is 1. The molecular formula is C19H23NO. The van der Waals surface area contributed by atoms with Crippen LogP contribution >= 0.6 is 0 Å². The van der Waals surface area contributed by atoms with E-state index in [0.717, 1.165) is 25.3 Å². The van der Waals surface area contributed by atoms with Gasteiger partial charge < -0.3 is 10.1 Å². The van der Waals surface area contributed by atoms with E-state index in [0.29, 0.717) is 12.0 Å². The van der Waals surface area contributed by atoms with Gasteiger partial charge in [0.1, 0.15) is 5.75 Å². The van der Waals surface area contributed by atoms with Crippen molar-refractivity contribution in [3.63, 3.8) is 0 Å². The molecule has 0 saturated heterocycles. The highest BCUT2D eigenvalue weighted by molar-refractivity contribution is 5.45. The Hall–Kier alpha value is -1.80. The van der Waals surface area contributed by atoms with Crippen molar-refractivity contribution in [2.24, 2.45) is 0 Å². The maximum Gasteiger partial charge on any atom is 0.123 e. The molecule has 3 rings (SSSR count). The Balaban J connectivity index is 1.86. The molecule has 2 heteroatoms. The van der Waals surface area contributed by atoms with Crippen LogP contribution in [0.1, 0.15) is 36.5 Å². The van der Waals surface area contributed by atoms with Crippen LogP contribution in [0.5, 0.6) is 5.75 Å². The molecule has 2 nitrogen and oxygen atoms in total. The summed E-state index contributed by atoms with van der Waals surface area (Å²) in [5.74, 6) is 1.51. The molecule has 1 aliphatic heterocycles. The van der Waals surface area contributed by atoms with Crippen LogP contribution in [0, 0.1) is 0 Å². The maximum absolute atomic E-state index is 5.85. The summed E-state index contributed by atoms with van der Waals surface area (Å²) in [5, 5.41) is 3.69. The number of nitrogens with one attached hydrogen (secondary N) is 1. The van der Waals surface area contributed by atoms with Gasteiger partial charge in [0.05, 0.1) is 6.61 Å². The average Bonchev–Trinajstić information content (AvgIpc) is 2.52. The quantitative estimate of drug-likeness (QED) is 0.917. The van der Waals surface area contributed by atoms with Gasteiger partial charge in [-0.2, -0.15) is 0 Å². The van der Waals surface area contributed by atoms with Crippen LogP contribution in [0.25, 0.3) is 0 Å². The second-order valence-corrected chi connectivity index (χ2v) is 5.73. The maximum atomic E-state index is 5.85. The number of ether oxygens (including phenoxy) is 1. The van der Waals surface area contributed by atoms with Gasteiger partial charge in [-0.1, -0.05) is 49.4 Å². The highest BCUT2D eigenvalue weighted by atomic mass is 16.5. The Morgan fingerprint density at radius 3 is 2.67 bits per heavy atom. The summed E-state index contributed by atoms with van der Waals surface area (Å²) >= 11 is 0. The molecular weight excluding hydrogens is 258 g/mol. The molecule has 1 aliphatic rings. The lowest BCUT2D eigenvalue weighted by Gasteiger charge is -2.34. The molecule has 1 heterocycles. The molecule has 21 heavy (non-hydrogen) atoms. The third-order valence-electron chi connectivity index (χ3n) is 4.37. The fourth-order valence-electron chi connectivity index (χ4n) is 3.28. The molecule has 2 aromatic carbocycles. The summed E-state index contributed by atoms with van der Waals surface area (Å²) < 4.78 is 5.85. The van der Waals surface area contributed by atoms with Gasteiger partial charge in [-0.05, 0) is 30.5 Å². The van der Waals surface area contributed by atoms with Crippen LogP contribution in [0.2, 0.25) is 0 Å². The summed E-state index contributed by atoms with van der Waals surface area (Å²) in [6.07, 6.45) is 1.06. The molecule has 0 fully saturated rings. The number of hydrogen-bond acceptors (Lipinski definition) is 2. The Kier molecular flexibility index (Phi) is 4.26. The minimum Gasteiger partial charge on any atom is -0.494 e. The third kappa shape index (κ3) is 2.96. The van der Waals surface area contributed by atoms with Gasteiger partial charge in [-0.15, -0.1) is 0 Å². The SMILES string of the molecule is CCOc1cccc2c1C(C)C(Cc1ccccc1)NC2. The zero-order valence-electron chi connectivity index (χ0n) is 12.8. The Morgan fingerprint density at radius 2 is 1.90 bits per heavy atom. The number of rotatable bonds is 4. The molecule has 2 aromatic rings. The monoisotopic (exact) mass is 281 g/mol. The van der Waals surface area contributed by atoms with Crippen molar-refractivity contribution < 1.29 is 4.74 Å². The number of fused-ring (bicyclic) bond motifs is 1. The van der Waals surface area contributed by atoms with E-state index in [1.165, 1.54) is 16.7 Å². The zero-order chi connectivity index (χ0) is 14.7. The first kappa shape index (κ1) is 14.2. The zero-order valence-corrected chi connectivity index (χ0v) is 12.8. The van der Waals surface area contributed by atoms with Crippen LogP contribution in [0.15, 0.2) is 48.5 Å². The Bertz CT molecular complexity index is 594. The highest BCUT2D eigenvalue weighted by Gasteiger charge is 2.28. The Labute approximate surface area is 127 Å². The van der Waals surface area contributed by atoms with Crippen molar-refractivity contribution >= 4 is 0 Å². The van der Waals surface area contributed by atoms with E-state index >= 15 is 0 Å². The lowest BCUT2D eigenvalue weighted by molar-refractivity contribution is 0.323. The van der Waals surface area contributed by atoms with Gasteiger partial charge in [0.25, 0.3) is 0 Å². The average molecular weight is 281 g/mol. The van der Waals surface area contributed by atoms with Crippen molar-refractivity contribution in [2.45, 2.75) is 38.8 Å². The van der Waals surface area contributed by atoms with E-state index in [1.807, 2.05) is 6.92 Å². The standard InChI is InChI=1S/C19H23NO/c1-3-21-18-11-7-10-16-13-20-17(14(2)19(16)18)12-15-8-5-4-6-9-15/h4-11,14,17,20H,3,12-13H2,1-2H3. The molecule has 0 spiro atoms. The van der Waals surface area contributed by atoms with E-state index < -0.39 is 0 Å². The smallest absolute Gasteiger partial charge is 0.123 e. The molecule has 0 radical (unpaired) electrons. The Morgan fingerprint density at radius 1 is 1.10 bits per heavy atom. The lowest BCUT2D eigenvalue weighted by atomic mass is 9.83. The minimum atomic E-state index is 0.455. The topological polar surface area (TPSA) is 21.3 Å². The van der Waals surface area contributed by atoms with Crippen LogP contribution in [0.4, 0.5) is 0 Å². The van der Waals surface area contributed by atoms with Gasteiger partial charge in [-0.3, -0.25) is 0 Å². The molecule has 0 amide bonds. The van der Waals surface area contributed by atoms with Gasteiger partial charge in [0, 0.05) is 24.1 Å². The van der Waals surface area contributed by atoms with E-state index in [9.17, 15) is 0 Å². The van der Waals surface area contributed by atoms with Crippen LogP contribution in [-0.2, 0) is 13.0 Å². The first-order chi connectivity index (χ1) is 10.3. The summed E-state index contributed by atoms with van der Waals surface area (Å²) in [6, 6.07) is 17.6. The fraction of sp³-hybridized carbons (Fsp3) is 0.368. The van der Waals surface area contributed by atoms with Crippen molar-refractivity contribution in [1.82, 2.24) is 5.32 Å². The molecule has 0 aromatic heterocycles. The second-order valence-electron chi connectivity index (χ2n) is 5.73. The summed E-state index contributed by atoms with van der Waals surface area (Å²) in [7, 11) is 0. The molecule has 2 atom stereocenters. The van der Waals surface area contributed by atoms with E-state index in [2.05, 4.69) is 60.8 Å². The number of benzene rings is 2. The second kappa shape index (κ2) is 6.31. The van der Waals surface area contributed by atoms with Gasteiger partial charge in [0.2, 0.25) is 0 Å². The van der Waals surface area contributed by atoms with Crippen LogP contribution in [-0.4, -0.2) is 12.6 Å².